The molecule has 0 saturated carbocycles. The predicted molar refractivity (Wildman–Crippen MR) is 73.7 cm³/mol. The normalized spacial score (nSPS) is 17.2. The van der Waals surface area contributed by atoms with Gasteiger partial charge in [-0.25, -0.2) is 13.5 Å². The smallest absolute Gasteiger partial charge is 0.209 e. The summed E-state index contributed by atoms with van der Waals surface area (Å²) in [7, 11) is 0. The summed E-state index contributed by atoms with van der Waals surface area (Å²) < 4.78 is 34.4. The van der Waals surface area contributed by atoms with Crippen molar-refractivity contribution in [1.82, 2.24) is 9.78 Å². The van der Waals surface area contributed by atoms with Gasteiger partial charge in [0.1, 0.15) is 11.6 Å². The highest BCUT2D eigenvalue weighted by Crippen LogP contribution is 2.28. The van der Waals surface area contributed by atoms with Crippen molar-refractivity contribution in [3.05, 3.63) is 65.1 Å². The number of aromatic nitrogens is 2. The zero-order valence-corrected chi connectivity index (χ0v) is 11.7. The Balaban J connectivity index is 1.96. The van der Waals surface area contributed by atoms with Crippen LogP contribution in [0.5, 0.6) is 0 Å². The zero-order valence-electron chi connectivity index (χ0n) is 10.1. The average Bonchev–Trinajstić information content (AvgIpc) is 2.93. The maximum Gasteiger partial charge on any atom is 0.209 e. The van der Waals surface area contributed by atoms with Gasteiger partial charge in [0, 0.05) is 17.3 Å². The first-order valence-corrected chi connectivity index (χ1v) is 6.62. The summed E-state index contributed by atoms with van der Waals surface area (Å²) in [5, 5.41) is 4.12. The molecule has 6 heteroatoms. The lowest BCUT2D eigenvalue weighted by Gasteiger charge is -2.14. The van der Waals surface area contributed by atoms with E-state index in [9.17, 15) is 8.78 Å². The van der Waals surface area contributed by atoms with E-state index in [0.29, 0.717) is 5.56 Å². The number of benzene rings is 1. The second-order valence-corrected chi connectivity index (χ2v) is 5.05. The van der Waals surface area contributed by atoms with Crippen molar-refractivity contribution < 1.29 is 13.5 Å². The van der Waals surface area contributed by atoms with Crippen molar-refractivity contribution in [1.29, 1.82) is 0 Å². The molecule has 0 amide bonds. The fraction of sp³-hybridized carbons (Fsp3) is 0.0714. The molecule has 1 aliphatic rings. The lowest BCUT2D eigenvalue weighted by Crippen LogP contribution is -2.09. The van der Waals surface area contributed by atoms with Crippen LogP contribution in [0.1, 0.15) is 6.23 Å². The van der Waals surface area contributed by atoms with Gasteiger partial charge in [-0.05, 0) is 40.2 Å². The molecule has 0 saturated heterocycles. The molecule has 1 aromatic carbocycles. The summed E-state index contributed by atoms with van der Waals surface area (Å²) in [4.78, 5) is 0. The minimum Gasteiger partial charge on any atom is -0.473 e. The second kappa shape index (κ2) is 5.20. The molecule has 1 unspecified atom stereocenters. The van der Waals surface area contributed by atoms with Gasteiger partial charge in [-0.15, -0.1) is 0 Å². The zero-order chi connectivity index (χ0) is 14.1. The molecule has 0 radical (unpaired) electrons. The lowest BCUT2D eigenvalue weighted by molar-refractivity contribution is 0.110. The third-order valence-electron chi connectivity index (χ3n) is 2.87. The Morgan fingerprint density at radius 1 is 1.20 bits per heavy atom. The average molecular weight is 339 g/mol. The van der Waals surface area contributed by atoms with Crippen LogP contribution in [0.2, 0.25) is 0 Å². The number of ether oxygens (including phenoxy) is 1. The molecule has 0 spiro atoms. The molecule has 1 aromatic heterocycles. The monoisotopic (exact) mass is 338 g/mol. The van der Waals surface area contributed by atoms with Crippen LogP contribution in [0.3, 0.4) is 0 Å². The van der Waals surface area contributed by atoms with Crippen LogP contribution in [0.4, 0.5) is 8.78 Å². The highest BCUT2D eigenvalue weighted by molar-refractivity contribution is 9.10. The van der Waals surface area contributed by atoms with Gasteiger partial charge in [0.15, 0.2) is 0 Å². The molecule has 0 N–H and O–H groups in total. The molecule has 3 rings (SSSR count). The first-order chi connectivity index (χ1) is 9.65. The number of allylic oxidation sites excluding steroid dienone is 2. The molecule has 102 valence electrons. The molecule has 2 heterocycles. The van der Waals surface area contributed by atoms with Crippen LogP contribution in [-0.4, -0.2) is 9.78 Å². The Labute approximate surface area is 122 Å². The van der Waals surface area contributed by atoms with Gasteiger partial charge in [0.25, 0.3) is 0 Å². The molecule has 0 fully saturated rings. The minimum atomic E-state index is -0.522. The summed E-state index contributed by atoms with van der Waals surface area (Å²) in [5.74, 6) is -1.04. The van der Waals surface area contributed by atoms with E-state index in [1.54, 1.807) is 24.6 Å². The summed E-state index contributed by atoms with van der Waals surface area (Å²) in [5.41, 5.74) is 0.646. The highest BCUT2D eigenvalue weighted by Gasteiger charge is 2.15. The second-order valence-electron chi connectivity index (χ2n) is 4.20. The SMILES string of the molecule is Fc1cc(-c2cnn(C3C=CC=CO3)c2)c(F)cc1Br. The van der Waals surface area contributed by atoms with E-state index < -0.39 is 11.6 Å². The van der Waals surface area contributed by atoms with E-state index in [2.05, 4.69) is 21.0 Å². The van der Waals surface area contributed by atoms with Crippen LogP contribution in [0.15, 0.2) is 53.5 Å². The quantitative estimate of drug-likeness (QED) is 0.767. The van der Waals surface area contributed by atoms with Crippen LogP contribution < -0.4 is 0 Å². The molecule has 3 nitrogen and oxygen atoms in total. The van der Waals surface area contributed by atoms with Gasteiger partial charge in [0.05, 0.1) is 16.9 Å². The van der Waals surface area contributed by atoms with Gasteiger partial charge < -0.3 is 4.74 Å². The van der Waals surface area contributed by atoms with Crippen molar-refractivity contribution in [2.75, 3.05) is 0 Å². The van der Waals surface area contributed by atoms with E-state index in [1.165, 1.54) is 10.9 Å². The standard InChI is InChI=1S/C14H9BrF2N2O/c15-11-6-12(16)10(5-13(11)17)9-7-18-19(8-9)14-3-1-2-4-20-14/h1-8,14H. The molecular formula is C14H9BrF2N2O. The van der Waals surface area contributed by atoms with E-state index in [4.69, 9.17) is 4.74 Å². The van der Waals surface area contributed by atoms with Crippen LogP contribution >= 0.6 is 15.9 Å². The number of halogens is 3. The lowest BCUT2D eigenvalue weighted by atomic mass is 10.1. The van der Waals surface area contributed by atoms with Crippen molar-refractivity contribution in [2.45, 2.75) is 6.23 Å². The Morgan fingerprint density at radius 3 is 2.80 bits per heavy atom. The Bertz CT molecular complexity index is 709. The van der Waals surface area contributed by atoms with E-state index in [-0.39, 0.29) is 16.3 Å². The van der Waals surface area contributed by atoms with E-state index >= 15 is 0 Å². The van der Waals surface area contributed by atoms with Crippen LogP contribution in [0, 0.1) is 11.6 Å². The largest absolute Gasteiger partial charge is 0.473 e. The summed E-state index contributed by atoms with van der Waals surface area (Å²) in [6.07, 6.45) is 9.64. The maximum atomic E-state index is 13.9. The summed E-state index contributed by atoms with van der Waals surface area (Å²) >= 11 is 2.95. The number of nitrogens with zero attached hydrogens (tertiary/aromatic N) is 2. The van der Waals surface area contributed by atoms with Gasteiger partial charge in [0.2, 0.25) is 6.23 Å². The highest BCUT2D eigenvalue weighted by atomic mass is 79.9. The Hall–Kier alpha value is -1.95. The molecule has 0 aliphatic carbocycles. The molecular weight excluding hydrogens is 330 g/mol. The Morgan fingerprint density at radius 2 is 2.05 bits per heavy atom. The maximum absolute atomic E-state index is 13.9. The number of rotatable bonds is 2. The van der Waals surface area contributed by atoms with Crippen LogP contribution in [-0.2, 0) is 4.74 Å². The summed E-state index contributed by atoms with van der Waals surface area (Å²) in [6.45, 7) is 0. The van der Waals surface area contributed by atoms with E-state index in [0.717, 1.165) is 12.1 Å². The van der Waals surface area contributed by atoms with Crippen molar-refractivity contribution in [2.24, 2.45) is 0 Å². The molecule has 2 aromatic rings. The topological polar surface area (TPSA) is 27.1 Å². The molecule has 20 heavy (non-hydrogen) atoms. The number of hydrogen-bond acceptors (Lipinski definition) is 2. The first kappa shape index (κ1) is 13.1. The number of hydrogen-bond donors (Lipinski definition) is 0. The first-order valence-electron chi connectivity index (χ1n) is 5.83. The molecule has 1 aliphatic heterocycles. The predicted octanol–water partition coefficient (Wildman–Crippen LogP) is 4.19. The van der Waals surface area contributed by atoms with Crippen molar-refractivity contribution in [3.8, 4) is 11.1 Å². The molecule has 0 bridgehead atoms. The fourth-order valence-corrected chi connectivity index (χ4v) is 2.20. The van der Waals surface area contributed by atoms with E-state index in [1.807, 2.05) is 6.08 Å². The molecule has 1 atom stereocenters. The van der Waals surface area contributed by atoms with Gasteiger partial charge in [-0.1, -0.05) is 6.08 Å². The van der Waals surface area contributed by atoms with Crippen LogP contribution in [0.25, 0.3) is 11.1 Å². The Kier molecular flexibility index (Phi) is 3.40. The van der Waals surface area contributed by atoms with Crippen molar-refractivity contribution >= 4 is 15.9 Å². The van der Waals surface area contributed by atoms with Gasteiger partial charge in [-0.3, -0.25) is 0 Å². The third-order valence-corrected chi connectivity index (χ3v) is 3.47. The minimum absolute atomic E-state index is 0.0924. The van der Waals surface area contributed by atoms with Gasteiger partial charge in [-0.2, -0.15) is 5.10 Å². The van der Waals surface area contributed by atoms with Gasteiger partial charge >= 0.3 is 0 Å². The third kappa shape index (κ3) is 2.38. The fourth-order valence-electron chi connectivity index (χ4n) is 1.89. The summed E-state index contributed by atoms with van der Waals surface area (Å²) in [6, 6.07) is 2.24. The van der Waals surface area contributed by atoms with Crippen molar-refractivity contribution in [3.63, 3.8) is 0 Å².